The highest BCUT2D eigenvalue weighted by molar-refractivity contribution is 6.08. The van der Waals surface area contributed by atoms with Gasteiger partial charge in [0.05, 0.1) is 0 Å². The summed E-state index contributed by atoms with van der Waals surface area (Å²) in [4.78, 5) is 14.2. The molecule has 10 heavy (non-hydrogen) atoms. The molecule has 1 heterocycles. The van der Waals surface area contributed by atoms with Crippen LogP contribution in [0.15, 0.2) is 17.1 Å². The highest BCUT2D eigenvalue weighted by Gasteiger charge is 2.18. The maximum absolute atomic E-state index is 10.8. The molecule has 1 rings (SSSR count). The molecule has 1 unspecified atom stereocenters. The Morgan fingerprint density at radius 1 is 1.80 bits per heavy atom. The minimum absolute atomic E-state index is 0.155. The Kier molecular flexibility index (Phi) is 1.62. The Morgan fingerprint density at radius 2 is 2.50 bits per heavy atom. The molecule has 0 saturated heterocycles. The third-order valence-corrected chi connectivity index (χ3v) is 1.19. The van der Waals surface area contributed by atoms with Crippen LogP contribution in [0, 0.1) is 11.3 Å². The van der Waals surface area contributed by atoms with Gasteiger partial charge in [-0.15, -0.1) is 0 Å². The summed E-state index contributed by atoms with van der Waals surface area (Å²) < 4.78 is 0. The van der Waals surface area contributed by atoms with Crippen LogP contribution >= 0.6 is 0 Å². The van der Waals surface area contributed by atoms with Gasteiger partial charge in [0.2, 0.25) is 0 Å². The highest BCUT2D eigenvalue weighted by Crippen LogP contribution is 2.03. The van der Waals surface area contributed by atoms with E-state index in [1.54, 1.807) is 12.2 Å². The lowest BCUT2D eigenvalue weighted by atomic mass is 10.1. The molecule has 0 aromatic rings. The second-order valence-electron chi connectivity index (χ2n) is 1.93. The Hall–Kier alpha value is -1.45. The zero-order valence-corrected chi connectivity index (χ0v) is 5.24. The summed E-state index contributed by atoms with van der Waals surface area (Å²) >= 11 is 0. The Bertz CT molecular complexity index is 229. The van der Waals surface area contributed by atoms with Crippen molar-refractivity contribution in [2.75, 3.05) is 0 Å². The largest absolute Gasteiger partial charge is 0.387 e. The van der Waals surface area contributed by atoms with Crippen molar-refractivity contribution in [3.8, 4) is 0 Å². The molecule has 0 radical (unpaired) electrons. The molecular formula is C6H7N3O. The number of hydrogen-bond donors (Lipinski definition) is 2. The summed E-state index contributed by atoms with van der Waals surface area (Å²) in [5, 5.41) is 6.95. The van der Waals surface area contributed by atoms with Gasteiger partial charge in [-0.1, -0.05) is 6.08 Å². The molecule has 0 aromatic heterocycles. The van der Waals surface area contributed by atoms with Gasteiger partial charge in [-0.3, -0.25) is 10.2 Å². The van der Waals surface area contributed by atoms with Crippen LogP contribution in [0.4, 0.5) is 0 Å². The predicted octanol–water partition coefficient (Wildman–Crippen LogP) is -0.294. The van der Waals surface area contributed by atoms with Gasteiger partial charge in [0.25, 0.3) is 5.91 Å². The topological polar surface area (TPSA) is 79.3 Å². The predicted molar refractivity (Wildman–Crippen MR) is 38.0 cm³/mol. The van der Waals surface area contributed by atoms with Crippen LogP contribution in [0.5, 0.6) is 0 Å². The number of aliphatic imine (C=N–C) groups is 1. The molecule has 0 fully saturated rings. The van der Waals surface area contributed by atoms with Crippen LogP contribution in [0.2, 0.25) is 0 Å². The number of rotatable bonds is 1. The summed E-state index contributed by atoms with van der Waals surface area (Å²) in [5.74, 6) is -1.15. The number of carbonyl (C=O) groups is 1. The van der Waals surface area contributed by atoms with Crippen molar-refractivity contribution in [1.82, 2.24) is 0 Å². The Morgan fingerprint density at radius 3 is 2.90 bits per heavy atom. The molecule has 4 nitrogen and oxygen atoms in total. The molecule has 1 aliphatic rings. The van der Waals surface area contributed by atoms with E-state index < -0.39 is 5.92 Å². The SMILES string of the molecule is N=C(N)C1C=CC=NC1=O. The first-order valence-corrected chi connectivity index (χ1v) is 2.80. The fraction of sp³-hybridized carbons (Fsp3) is 0.167. The fourth-order valence-electron chi connectivity index (χ4n) is 0.677. The lowest BCUT2D eigenvalue weighted by Gasteiger charge is -2.07. The second-order valence-corrected chi connectivity index (χ2v) is 1.93. The average Bonchev–Trinajstić information content (AvgIpc) is 1.88. The first-order valence-electron chi connectivity index (χ1n) is 2.80. The molecule has 0 bridgehead atoms. The molecule has 1 amide bonds. The van der Waals surface area contributed by atoms with Gasteiger partial charge >= 0.3 is 0 Å². The second kappa shape index (κ2) is 2.43. The normalized spacial score (nSPS) is 23.2. The number of nitrogens with one attached hydrogen (secondary N) is 1. The van der Waals surface area contributed by atoms with Crippen molar-refractivity contribution in [2.45, 2.75) is 0 Å². The van der Waals surface area contributed by atoms with Crippen LogP contribution in [-0.4, -0.2) is 18.0 Å². The van der Waals surface area contributed by atoms with Crippen LogP contribution < -0.4 is 5.73 Å². The van der Waals surface area contributed by atoms with Gasteiger partial charge in [0.15, 0.2) is 0 Å². The summed E-state index contributed by atoms with van der Waals surface area (Å²) in [6.07, 6.45) is 4.55. The van der Waals surface area contributed by atoms with E-state index in [1.807, 2.05) is 0 Å². The third-order valence-electron chi connectivity index (χ3n) is 1.19. The van der Waals surface area contributed by atoms with E-state index in [2.05, 4.69) is 4.99 Å². The minimum atomic E-state index is -0.634. The van der Waals surface area contributed by atoms with Crippen molar-refractivity contribution in [3.05, 3.63) is 12.2 Å². The van der Waals surface area contributed by atoms with Gasteiger partial charge in [-0.2, -0.15) is 0 Å². The van der Waals surface area contributed by atoms with E-state index in [4.69, 9.17) is 11.1 Å². The van der Waals surface area contributed by atoms with Crippen LogP contribution in [0.1, 0.15) is 0 Å². The van der Waals surface area contributed by atoms with E-state index in [9.17, 15) is 4.79 Å². The van der Waals surface area contributed by atoms with E-state index >= 15 is 0 Å². The van der Waals surface area contributed by atoms with Crippen molar-refractivity contribution in [2.24, 2.45) is 16.6 Å². The first-order chi connectivity index (χ1) is 4.72. The highest BCUT2D eigenvalue weighted by atomic mass is 16.1. The van der Waals surface area contributed by atoms with Crippen molar-refractivity contribution >= 4 is 18.0 Å². The monoisotopic (exact) mass is 137 g/mol. The minimum Gasteiger partial charge on any atom is -0.387 e. The zero-order chi connectivity index (χ0) is 7.56. The van der Waals surface area contributed by atoms with Gasteiger partial charge in [0.1, 0.15) is 11.8 Å². The molecule has 52 valence electrons. The number of hydrogen-bond acceptors (Lipinski definition) is 2. The molecule has 1 aliphatic heterocycles. The van der Waals surface area contributed by atoms with Crippen LogP contribution in [0.3, 0.4) is 0 Å². The van der Waals surface area contributed by atoms with E-state index in [0.717, 1.165) is 0 Å². The standard InChI is InChI=1S/C6H7N3O/c7-5(8)4-2-1-3-9-6(4)10/h1-4H,(H3,7,8). The van der Waals surface area contributed by atoms with Gasteiger partial charge < -0.3 is 5.73 Å². The molecule has 4 heteroatoms. The summed E-state index contributed by atoms with van der Waals surface area (Å²) in [6, 6.07) is 0. The number of nitrogens with zero attached hydrogens (tertiary/aromatic N) is 1. The van der Waals surface area contributed by atoms with E-state index in [0.29, 0.717) is 0 Å². The van der Waals surface area contributed by atoms with Crippen molar-refractivity contribution in [1.29, 1.82) is 5.41 Å². The average molecular weight is 137 g/mol. The number of amides is 1. The van der Waals surface area contributed by atoms with Crippen LogP contribution in [0.25, 0.3) is 0 Å². The molecule has 0 aliphatic carbocycles. The lowest BCUT2D eigenvalue weighted by molar-refractivity contribution is -0.118. The Labute approximate surface area is 58.0 Å². The van der Waals surface area contributed by atoms with Crippen molar-refractivity contribution < 1.29 is 4.79 Å². The quantitative estimate of drug-likeness (QED) is 0.384. The molecule has 3 N–H and O–H groups in total. The number of amidine groups is 1. The fourth-order valence-corrected chi connectivity index (χ4v) is 0.677. The van der Waals surface area contributed by atoms with Gasteiger partial charge in [-0.25, -0.2) is 4.99 Å². The maximum Gasteiger partial charge on any atom is 0.260 e. The summed E-state index contributed by atoms with van der Waals surface area (Å²) in [5.41, 5.74) is 5.09. The number of allylic oxidation sites excluding steroid dienone is 1. The van der Waals surface area contributed by atoms with E-state index in [1.165, 1.54) is 6.21 Å². The molecule has 0 saturated carbocycles. The Balaban J connectivity index is 2.80. The first kappa shape index (κ1) is 6.67. The van der Waals surface area contributed by atoms with E-state index in [-0.39, 0.29) is 11.7 Å². The molecule has 0 spiro atoms. The number of nitrogens with two attached hydrogens (primary N) is 1. The summed E-state index contributed by atoms with van der Waals surface area (Å²) in [6.45, 7) is 0. The molecule has 0 aromatic carbocycles. The van der Waals surface area contributed by atoms with Gasteiger partial charge in [-0.05, 0) is 6.08 Å². The zero-order valence-electron chi connectivity index (χ0n) is 5.24. The number of dihydropyridines is 1. The summed E-state index contributed by atoms with van der Waals surface area (Å²) in [7, 11) is 0. The number of carbonyl (C=O) groups excluding carboxylic acids is 1. The molecule has 1 atom stereocenters. The van der Waals surface area contributed by atoms with Crippen LogP contribution in [-0.2, 0) is 4.79 Å². The maximum atomic E-state index is 10.8. The lowest BCUT2D eigenvalue weighted by Crippen LogP contribution is -2.28. The molecular weight excluding hydrogens is 130 g/mol. The smallest absolute Gasteiger partial charge is 0.260 e. The van der Waals surface area contributed by atoms with Gasteiger partial charge in [0, 0.05) is 6.21 Å². The third kappa shape index (κ3) is 1.10. The van der Waals surface area contributed by atoms with Crippen molar-refractivity contribution in [3.63, 3.8) is 0 Å².